The Morgan fingerprint density at radius 3 is 0.833 bits per heavy atom. The molecule has 0 aliphatic heterocycles. The number of allylic oxidation sites excluding steroid dienone is 8. The summed E-state index contributed by atoms with van der Waals surface area (Å²) in [6, 6.07) is 105. The minimum atomic E-state index is -0.512. The van der Waals surface area contributed by atoms with Gasteiger partial charge in [0.25, 0.3) is 0 Å². The summed E-state index contributed by atoms with van der Waals surface area (Å²) in [4.78, 5) is 66.2. The van der Waals surface area contributed by atoms with Gasteiger partial charge in [-0.25, -0.2) is 42.5 Å². The molecule has 12 atom stereocenters. The van der Waals surface area contributed by atoms with Gasteiger partial charge < -0.3 is 29.4 Å². The van der Waals surface area contributed by atoms with Gasteiger partial charge in [0.05, 0.1) is 108 Å². The number of hydrogen-bond acceptors (Lipinski definition) is 10. The topological polar surface area (TPSA) is 197 Å². The van der Waals surface area contributed by atoms with Gasteiger partial charge >= 0.3 is 0 Å². The van der Waals surface area contributed by atoms with Crippen LogP contribution in [0.15, 0.2) is 363 Å². The SMILES string of the molecule is [C-]#[N+]C1=C[C@@]2(C)c3c(c(-c4ccccc4)nn3-c3ccc(-c4ccc(C)cc4)cc3)CC[C@@H]2[C@@H](C)C1=O.[C-]#[N+]C1=C[C@@]2(C)c3c(c(-c4ccccc4)nn3-c3ccc(-c4ccc(CO)cc4)cc3)CC[C@@H]2[C@@H](C)C1=O.[C-]#[N+]C1=C[C@@]2(C)c3c(c(-c4ccccc4)nn3-c3ccc(-c4cccc(F)c4)cc3)CC[C@@H]2[C@@H](C)C1=O.[C-]#[N+]C1=C[C@@]2(C)c3c(c(-c4ccccc4)nn3-c3ccc(-c4ccccc4CO)cc3)CC[C@@H]2[C@@H](C)C1=O. The first-order valence-electron chi connectivity index (χ1n) is 51.6. The molecule has 0 fully saturated rings. The second-order valence-electron chi connectivity index (χ2n) is 41.9. The fourth-order valence-electron chi connectivity index (χ4n) is 25.7. The number of rotatable bonds is 14. The number of carbonyl (C=O) groups is 4. The second kappa shape index (κ2) is 40.3. The zero-order valence-electron chi connectivity index (χ0n) is 85.3. The highest BCUT2D eigenvalue weighted by molar-refractivity contribution is 6.03. The number of aryl methyl sites for hydroxylation is 1. The molecule has 12 aromatic carbocycles. The third kappa shape index (κ3) is 17.4. The number of carbonyl (C=O) groups excluding carboxylic acids is 4. The van der Waals surface area contributed by atoms with E-state index in [2.05, 4.69) is 204 Å². The molecule has 18 nitrogen and oxygen atoms in total. The number of hydrogen-bond donors (Lipinski definition) is 2. The molecule has 8 aliphatic carbocycles. The van der Waals surface area contributed by atoms with Crippen LogP contribution in [0.5, 0.6) is 0 Å². The molecule has 4 aromatic heterocycles. The van der Waals surface area contributed by atoms with Crippen LogP contribution in [0.4, 0.5) is 4.39 Å². The molecule has 4 heterocycles. The highest BCUT2D eigenvalue weighted by Gasteiger charge is 2.56. The third-order valence-corrected chi connectivity index (χ3v) is 33.3. The van der Waals surface area contributed by atoms with Gasteiger partial charge in [-0.05, 0) is 198 Å². The molecule has 0 radical (unpaired) electrons. The van der Waals surface area contributed by atoms with E-state index in [1.54, 1.807) is 6.07 Å². The van der Waals surface area contributed by atoms with Crippen LogP contribution in [-0.2, 0) is 79.7 Å². The number of ketones is 4. The molecule has 16 aromatic rings. The largest absolute Gasteiger partial charge is 0.392 e. The van der Waals surface area contributed by atoms with Gasteiger partial charge in [0.2, 0.25) is 22.8 Å². The van der Waals surface area contributed by atoms with Gasteiger partial charge in [0.15, 0.2) is 23.1 Å². The van der Waals surface area contributed by atoms with Crippen LogP contribution >= 0.6 is 0 Å². The third-order valence-electron chi connectivity index (χ3n) is 33.3. The molecule has 0 amide bonds. The van der Waals surface area contributed by atoms with Gasteiger partial charge in [0.1, 0.15) is 5.82 Å². The number of aliphatic hydroxyl groups excluding tert-OH is 2. The van der Waals surface area contributed by atoms with Crippen molar-refractivity contribution >= 4 is 23.1 Å². The molecule has 8 aliphatic rings. The molecular formula is C131H113FN12O6. The van der Waals surface area contributed by atoms with Crippen LogP contribution in [0, 0.1) is 86.4 Å². The molecule has 0 saturated heterocycles. The maximum atomic E-state index is 13.8. The van der Waals surface area contributed by atoms with Crippen molar-refractivity contribution in [1.29, 1.82) is 0 Å². The van der Waals surface area contributed by atoms with Gasteiger partial charge in [-0.15, -0.1) is 0 Å². The van der Waals surface area contributed by atoms with Crippen molar-refractivity contribution in [2.75, 3.05) is 0 Å². The number of fused-ring (bicyclic) bond motifs is 12. The molecule has 150 heavy (non-hydrogen) atoms. The molecule has 19 heteroatoms. The van der Waals surface area contributed by atoms with Gasteiger partial charge in [-0.1, -0.05) is 340 Å². The Labute approximate surface area is 874 Å². The average Bonchev–Trinajstić information content (AvgIpc) is 1.57. The van der Waals surface area contributed by atoms with E-state index in [0.29, 0.717) is 0 Å². The van der Waals surface area contributed by atoms with Crippen LogP contribution in [0.1, 0.15) is 143 Å². The Kier molecular flexibility index (Phi) is 26.6. The standard InChI is InChI=1S/2C33H29N3O2.C33H29N3O.C32H26FN3O/c1-21-28-18-17-27-30(23-9-5-4-6-10-23)35-36(32(27)33(28,2)19-29(34-3)31(21)38)25-15-13-22(14-16-25)26-12-8-7-11-24(26)20-37;1-21-28-18-17-27-30(25-7-5-4-6-8-25)35-36(32(27)33(28,2)19-29(34-3)31(21)38)26-15-13-24(14-16-26)23-11-9-22(20-37)10-12-23;1-21-10-12-23(13-11-21)24-14-16-26(17-15-24)36-32-27(30(35-36)25-8-6-5-7-9-25)18-19-28-22(2)31(37)29(34-4)20-33(28,32)3;1-20-27-17-16-26-29(22-8-5-4-6-9-22)35-36(31(26)32(27,2)19-28(34-3)30(20)37)25-14-12-21(13-15-25)23-10-7-11-24(33)18-23/h2*4-16,19,21,28,37H,17-18,20H2,1-2H3;5-17,20,22,28H,18-19H2,1-3H3;4-15,18-20,27H,16-17H2,1-2H3/t2*21-,28-,33-;22-,28-,33-;20-,27-,32-/m1111/s1. The Balaban J connectivity index is 0.000000117. The molecule has 0 unspecified atom stereocenters. The predicted octanol–water partition coefficient (Wildman–Crippen LogP) is 27.6. The highest BCUT2D eigenvalue weighted by Crippen LogP contribution is 2.58. The van der Waals surface area contributed by atoms with E-state index in [9.17, 15) is 33.8 Å². The minimum Gasteiger partial charge on any atom is -0.392 e. The molecule has 2 N–H and O–H groups in total. The molecule has 740 valence electrons. The molecule has 0 spiro atoms. The molecule has 24 rings (SSSR count). The Morgan fingerprint density at radius 2 is 0.560 bits per heavy atom. The van der Waals surface area contributed by atoms with Gasteiger partial charge in [-0.2, -0.15) is 20.4 Å². The highest BCUT2D eigenvalue weighted by atomic mass is 19.1. The second-order valence-corrected chi connectivity index (χ2v) is 41.9. The van der Waals surface area contributed by atoms with E-state index in [1.165, 1.54) is 45.5 Å². The first kappa shape index (κ1) is 98.9. The van der Waals surface area contributed by atoms with E-state index in [1.807, 2.05) is 218 Å². The number of Topliss-reactive ketones (excluding diaryl/α,β-unsaturated/α-hetero) is 4. The van der Waals surface area contributed by atoms with E-state index in [0.717, 1.165) is 192 Å². The maximum absolute atomic E-state index is 13.8. The summed E-state index contributed by atoms with van der Waals surface area (Å²) >= 11 is 0. The Bertz CT molecular complexity index is 8320. The van der Waals surface area contributed by atoms with E-state index in [4.69, 9.17) is 46.7 Å². The zero-order chi connectivity index (χ0) is 104. The van der Waals surface area contributed by atoms with Crippen LogP contribution < -0.4 is 0 Å². The lowest BCUT2D eigenvalue weighted by Crippen LogP contribution is -2.46. The summed E-state index contributed by atoms with van der Waals surface area (Å²) in [5.74, 6) is -0.885. The number of benzene rings is 12. The first-order valence-corrected chi connectivity index (χ1v) is 51.6. The minimum absolute atomic E-state index is 0.0165. The summed E-state index contributed by atoms with van der Waals surface area (Å²) in [5, 5.41) is 39.9. The van der Waals surface area contributed by atoms with Crippen LogP contribution in [0.2, 0.25) is 0 Å². The molecule has 0 saturated carbocycles. The maximum Gasteiger partial charge on any atom is 0.226 e. The van der Waals surface area contributed by atoms with Crippen molar-refractivity contribution in [3.05, 3.63) is 476 Å². The number of aliphatic hydroxyl groups is 2. The van der Waals surface area contributed by atoms with E-state index in [-0.39, 0.29) is 112 Å². The van der Waals surface area contributed by atoms with Crippen molar-refractivity contribution in [3.8, 4) is 112 Å². The first-order chi connectivity index (χ1) is 72.7. The predicted molar refractivity (Wildman–Crippen MR) is 586 cm³/mol. The smallest absolute Gasteiger partial charge is 0.226 e. The molecular weight excluding hydrogens is 1860 g/mol. The zero-order valence-corrected chi connectivity index (χ0v) is 85.3. The molecule has 0 bridgehead atoms. The van der Waals surface area contributed by atoms with Crippen LogP contribution in [-0.4, -0.2) is 72.5 Å². The van der Waals surface area contributed by atoms with Gasteiger partial charge in [-0.3, -0.25) is 0 Å². The normalized spacial score (nSPS) is 22.4. The van der Waals surface area contributed by atoms with Crippen molar-refractivity contribution in [2.45, 2.75) is 149 Å². The lowest BCUT2D eigenvalue weighted by atomic mass is 9.58. The summed E-state index contributed by atoms with van der Waals surface area (Å²) in [6.07, 6.45) is 14.5. The van der Waals surface area contributed by atoms with Crippen molar-refractivity contribution in [3.63, 3.8) is 0 Å². The van der Waals surface area contributed by atoms with Crippen LogP contribution in [0.25, 0.3) is 132 Å². The Hall–Kier alpha value is -17.1. The van der Waals surface area contributed by atoms with Crippen molar-refractivity contribution in [2.24, 2.45) is 47.3 Å². The van der Waals surface area contributed by atoms with Gasteiger partial charge in [0, 0.05) is 89.8 Å². The number of halogens is 1. The summed E-state index contributed by atoms with van der Waals surface area (Å²) in [6.45, 7) is 49.4. The van der Waals surface area contributed by atoms with E-state index >= 15 is 0 Å². The fourth-order valence-corrected chi connectivity index (χ4v) is 25.7. The number of aromatic nitrogens is 8. The lowest BCUT2D eigenvalue weighted by Gasteiger charge is -2.45. The monoisotopic (exact) mass is 1970 g/mol. The van der Waals surface area contributed by atoms with E-state index < -0.39 is 21.7 Å². The van der Waals surface area contributed by atoms with Crippen molar-refractivity contribution < 1.29 is 33.8 Å². The summed E-state index contributed by atoms with van der Waals surface area (Å²) < 4.78 is 22.0. The summed E-state index contributed by atoms with van der Waals surface area (Å²) in [5.41, 5.74) is 31.2. The average molecular weight is 1970 g/mol. The quantitative estimate of drug-likeness (QED) is 0.0988. The van der Waals surface area contributed by atoms with Crippen molar-refractivity contribution in [1.82, 2.24) is 39.1 Å². The lowest BCUT2D eigenvalue weighted by molar-refractivity contribution is -0.122. The Morgan fingerprint density at radius 1 is 0.307 bits per heavy atom. The van der Waals surface area contributed by atoms with Crippen LogP contribution in [0.3, 0.4) is 0 Å². The fraction of sp³-hybridized carbons (Fsp3) is 0.237. The number of nitrogens with zero attached hydrogens (tertiary/aromatic N) is 12. The summed E-state index contributed by atoms with van der Waals surface area (Å²) in [7, 11) is 0.